The van der Waals surface area contributed by atoms with E-state index in [0.29, 0.717) is 26.3 Å². The summed E-state index contributed by atoms with van der Waals surface area (Å²) in [5.74, 6) is -2.14. The maximum absolute atomic E-state index is 14.0. The first-order valence-corrected chi connectivity index (χ1v) is 7.42. The number of hydrogen-bond acceptors (Lipinski definition) is 3. The summed E-state index contributed by atoms with van der Waals surface area (Å²) < 4.78 is 19.4. The molecule has 1 N–H and O–H groups in total. The van der Waals surface area contributed by atoms with Crippen LogP contribution in [0.5, 0.6) is 0 Å². The zero-order chi connectivity index (χ0) is 16.1. The van der Waals surface area contributed by atoms with E-state index < -0.39 is 17.7 Å². The predicted molar refractivity (Wildman–Crippen MR) is 78.5 cm³/mol. The lowest BCUT2D eigenvalue weighted by Crippen LogP contribution is -2.41. The molecule has 1 aliphatic heterocycles. The van der Waals surface area contributed by atoms with Gasteiger partial charge in [-0.3, -0.25) is 4.79 Å². The van der Waals surface area contributed by atoms with E-state index in [0.717, 1.165) is 18.9 Å². The number of amides is 1. The topological polar surface area (TPSA) is 66.8 Å². The van der Waals surface area contributed by atoms with E-state index in [1.807, 2.05) is 6.92 Å². The highest BCUT2D eigenvalue weighted by Gasteiger charge is 2.26. The van der Waals surface area contributed by atoms with E-state index in [4.69, 9.17) is 9.84 Å². The Morgan fingerprint density at radius 1 is 1.45 bits per heavy atom. The van der Waals surface area contributed by atoms with E-state index in [1.54, 1.807) is 4.90 Å². The van der Waals surface area contributed by atoms with Crippen molar-refractivity contribution in [1.82, 2.24) is 4.90 Å². The molecule has 0 aliphatic carbocycles. The lowest BCUT2D eigenvalue weighted by atomic mass is 9.98. The number of nitrogens with zero attached hydrogens (tertiary/aromatic N) is 1. The summed E-state index contributed by atoms with van der Waals surface area (Å²) in [7, 11) is 0. The average molecular weight is 309 g/mol. The summed E-state index contributed by atoms with van der Waals surface area (Å²) in [4.78, 5) is 24.8. The second-order valence-electron chi connectivity index (χ2n) is 5.42. The van der Waals surface area contributed by atoms with Gasteiger partial charge in [0.2, 0.25) is 0 Å². The Balaban J connectivity index is 2.09. The highest BCUT2D eigenvalue weighted by Crippen LogP contribution is 2.20. The van der Waals surface area contributed by atoms with Crippen molar-refractivity contribution < 1.29 is 23.8 Å². The van der Waals surface area contributed by atoms with Crippen molar-refractivity contribution in [2.45, 2.75) is 19.8 Å². The zero-order valence-corrected chi connectivity index (χ0v) is 12.5. The van der Waals surface area contributed by atoms with Gasteiger partial charge in [0.05, 0.1) is 17.7 Å². The van der Waals surface area contributed by atoms with Crippen molar-refractivity contribution in [2.75, 3.05) is 26.3 Å². The van der Waals surface area contributed by atoms with Crippen LogP contribution < -0.4 is 0 Å². The van der Waals surface area contributed by atoms with Crippen molar-refractivity contribution >= 4 is 11.9 Å². The van der Waals surface area contributed by atoms with Crippen molar-refractivity contribution in [3.8, 4) is 0 Å². The van der Waals surface area contributed by atoms with Crippen LogP contribution >= 0.6 is 0 Å². The van der Waals surface area contributed by atoms with Gasteiger partial charge in [0.25, 0.3) is 5.91 Å². The maximum Gasteiger partial charge on any atom is 0.335 e. The largest absolute Gasteiger partial charge is 0.478 e. The minimum absolute atomic E-state index is 0.0814. The minimum atomic E-state index is -1.22. The van der Waals surface area contributed by atoms with Crippen LogP contribution in [0.3, 0.4) is 0 Å². The van der Waals surface area contributed by atoms with Gasteiger partial charge in [-0.05, 0) is 43.9 Å². The molecule has 1 heterocycles. The van der Waals surface area contributed by atoms with Gasteiger partial charge in [0, 0.05) is 19.7 Å². The summed E-state index contributed by atoms with van der Waals surface area (Å²) in [6.45, 7) is 4.28. The predicted octanol–water partition coefficient (Wildman–Crippen LogP) is 2.41. The molecule has 0 saturated carbocycles. The molecule has 0 bridgehead atoms. The van der Waals surface area contributed by atoms with Crippen molar-refractivity contribution in [2.24, 2.45) is 5.92 Å². The lowest BCUT2D eigenvalue weighted by Gasteiger charge is -2.32. The summed E-state index contributed by atoms with van der Waals surface area (Å²) in [6, 6.07) is 3.38. The van der Waals surface area contributed by atoms with E-state index in [2.05, 4.69) is 0 Å². The molecule has 1 atom stereocenters. The molecule has 1 unspecified atom stereocenters. The summed E-state index contributed by atoms with van der Waals surface area (Å²) in [5.41, 5.74) is -0.246. The Bertz CT molecular complexity index is 561. The molecular weight excluding hydrogens is 289 g/mol. The second-order valence-corrected chi connectivity index (χ2v) is 5.42. The Morgan fingerprint density at radius 3 is 2.86 bits per heavy atom. The smallest absolute Gasteiger partial charge is 0.335 e. The first-order chi connectivity index (χ1) is 10.5. The van der Waals surface area contributed by atoms with Crippen molar-refractivity contribution in [1.29, 1.82) is 0 Å². The number of rotatable bonds is 5. The van der Waals surface area contributed by atoms with Crippen LogP contribution in [-0.2, 0) is 4.74 Å². The third-order valence-corrected chi connectivity index (χ3v) is 3.81. The SMILES string of the molecule is CCOCC1CCCN(C(=O)c2ccc(C(=O)O)cc2F)C1. The van der Waals surface area contributed by atoms with Crippen molar-refractivity contribution in [3.63, 3.8) is 0 Å². The number of benzene rings is 1. The molecule has 1 aromatic rings. The number of aromatic carboxylic acids is 1. The lowest BCUT2D eigenvalue weighted by molar-refractivity contribution is 0.0497. The van der Waals surface area contributed by atoms with Crippen LogP contribution in [0.25, 0.3) is 0 Å². The second kappa shape index (κ2) is 7.35. The van der Waals surface area contributed by atoms with Crippen LogP contribution in [0.4, 0.5) is 4.39 Å². The van der Waals surface area contributed by atoms with Gasteiger partial charge >= 0.3 is 5.97 Å². The molecule has 22 heavy (non-hydrogen) atoms. The fourth-order valence-corrected chi connectivity index (χ4v) is 2.66. The van der Waals surface area contributed by atoms with Gasteiger partial charge in [-0.15, -0.1) is 0 Å². The molecule has 120 valence electrons. The molecule has 0 aromatic heterocycles. The Labute approximate surface area is 128 Å². The maximum atomic E-state index is 14.0. The highest BCUT2D eigenvalue weighted by molar-refractivity contribution is 5.96. The summed E-state index contributed by atoms with van der Waals surface area (Å²) >= 11 is 0. The van der Waals surface area contributed by atoms with Crippen molar-refractivity contribution in [3.05, 3.63) is 35.1 Å². The first kappa shape index (κ1) is 16.4. The van der Waals surface area contributed by atoms with Gasteiger partial charge in [0.15, 0.2) is 0 Å². The Morgan fingerprint density at radius 2 is 2.23 bits per heavy atom. The summed E-state index contributed by atoms with van der Waals surface area (Å²) in [6.07, 6.45) is 1.85. The fraction of sp³-hybridized carbons (Fsp3) is 0.500. The van der Waals surface area contributed by atoms with Crippen LogP contribution in [0, 0.1) is 11.7 Å². The molecule has 1 aliphatic rings. The Kier molecular flexibility index (Phi) is 5.49. The van der Waals surface area contributed by atoms with Crippen LogP contribution in [0.1, 0.15) is 40.5 Å². The number of likely N-dealkylation sites (tertiary alicyclic amines) is 1. The van der Waals surface area contributed by atoms with Gasteiger partial charge in [-0.25, -0.2) is 9.18 Å². The number of piperidine rings is 1. The van der Waals surface area contributed by atoms with Gasteiger partial charge in [-0.1, -0.05) is 0 Å². The number of ether oxygens (including phenoxy) is 1. The number of carboxylic acid groups (broad SMARTS) is 1. The van der Waals surface area contributed by atoms with Crippen LogP contribution in [-0.4, -0.2) is 48.2 Å². The molecule has 1 amide bonds. The molecule has 2 rings (SSSR count). The molecule has 5 nitrogen and oxygen atoms in total. The molecule has 1 saturated heterocycles. The van der Waals surface area contributed by atoms with Crippen LogP contribution in [0.15, 0.2) is 18.2 Å². The fourth-order valence-electron chi connectivity index (χ4n) is 2.66. The van der Waals surface area contributed by atoms with E-state index in [1.165, 1.54) is 12.1 Å². The molecular formula is C16H20FNO4. The standard InChI is InChI=1S/C16H20FNO4/c1-2-22-10-11-4-3-7-18(9-11)15(19)13-6-5-12(16(20)21)8-14(13)17/h5-6,8,11H,2-4,7,9-10H2,1H3,(H,20,21). The molecule has 1 fully saturated rings. The number of hydrogen-bond donors (Lipinski definition) is 1. The zero-order valence-electron chi connectivity index (χ0n) is 12.5. The normalized spacial score (nSPS) is 18.3. The van der Waals surface area contributed by atoms with Gasteiger partial charge in [0.1, 0.15) is 5.82 Å². The van der Waals surface area contributed by atoms with E-state index >= 15 is 0 Å². The molecule has 0 radical (unpaired) electrons. The van der Waals surface area contributed by atoms with Gasteiger partial charge < -0.3 is 14.7 Å². The van der Waals surface area contributed by atoms with Gasteiger partial charge in [-0.2, -0.15) is 0 Å². The molecule has 1 aromatic carbocycles. The number of halogens is 1. The minimum Gasteiger partial charge on any atom is -0.478 e. The third kappa shape index (κ3) is 3.82. The number of carboxylic acids is 1. The Hall–Kier alpha value is -1.95. The molecule has 6 heteroatoms. The van der Waals surface area contributed by atoms with E-state index in [-0.39, 0.29) is 17.0 Å². The first-order valence-electron chi connectivity index (χ1n) is 7.42. The van der Waals surface area contributed by atoms with Crippen LogP contribution in [0.2, 0.25) is 0 Å². The summed E-state index contributed by atoms with van der Waals surface area (Å²) in [5, 5.41) is 8.83. The molecule has 0 spiro atoms. The monoisotopic (exact) mass is 309 g/mol. The third-order valence-electron chi connectivity index (χ3n) is 3.81. The average Bonchev–Trinajstić information content (AvgIpc) is 2.52. The van der Waals surface area contributed by atoms with E-state index in [9.17, 15) is 14.0 Å². The quantitative estimate of drug-likeness (QED) is 0.907. The number of carbonyl (C=O) groups excluding carboxylic acids is 1. The number of carbonyl (C=O) groups is 2. The highest BCUT2D eigenvalue weighted by atomic mass is 19.1.